The Morgan fingerprint density at radius 1 is 1.24 bits per heavy atom. The largest absolute Gasteiger partial charge is 0.390 e. The molecule has 0 spiro atoms. The molecule has 2 aromatic rings. The SMILES string of the molecule is COCCN(Cc1cccn1Cc1cccc(F)c1)CC(O)CN1CCOCC1. The third kappa shape index (κ3) is 7.21. The highest BCUT2D eigenvalue weighted by Gasteiger charge is 2.18. The lowest BCUT2D eigenvalue weighted by atomic mass is 10.2. The molecular weight excluding hydrogens is 373 g/mol. The van der Waals surface area contributed by atoms with E-state index in [4.69, 9.17) is 9.47 Å². The number of aliphatic hydroxyl groups is 1. The fraction of sp³-hybridized carbons (Fsp3) is 0.545. The summed E-state index contributed by atoms with van der Waals surface area (Å²) in [6.07, 6.45) is 1.58. The molecule has 1 atom stereocenters. The summed E-state index contributed by atoms with van der Waals surface area (Å²) in [6.45, 7) is 7.08. The zero-order chi connectivity index (χ0) is 20.5. The molecule has 0 radical (unpaired) electrons. The van der Waals surface area contributed by atoms with Gasteiger partial charge in [0.15, 0.2) is 0 Å². The first-order valence-corrected chi connectivity index (χ1v) is 10.2. The van der Waals surface area contributed by atoms with Gasteiger partial charge < -0.3 is 19.1 Å². The second-order valence-electron chi connectivity index (χ2n) is 7.55. The van der Waals surface area contributed by atoms with Crippen molar-refractivity contribution < 1.29 is 19.0 Å². The number of β-amino-alcohol motifs (C(OH)–C–C–N with tert-alkyl or cyclic N) is 1. The lowest BCUT2D eigenvalue weighted by Gasteiger charge is -2.31. The normalized spacial score (nSPS) is 16.4. The van der Waals surface area contributed by atoms with Crippen LogP contribution in [0.2, 0.25) is 0 Å². The van der Waals surface area contributed by atoms with E-state index < -0.39 is 6.10 Å². The molecule has 6 nitrogen and oxygen atoms in total. The first kappa shape index (κ1) is 21.9. The highest BCUT2D eigenvalue weighted by molar-refractivity contribution is 5.19. The Morgan fingerprint density at radius 2 is 2.07 bits per heavy atom. The number of aliphatic hydroxyl groups excluding tert-OH is 1. The number of nitrogens with zero attached hydrogens (tertiary/aromatic N) is 3. The van der Waals surface area contributed by atoms with Crippen molar-refractivity contribution in [1.82, 2.24) is 14.4 Å². The van der Waals surface area contributed by atoms with E-state index in [0.717, 1.165) is 44.1 Å². The van der Waals surface area contributed by atoms with Gasteiger partial charge in [-0.1, -0.05) is 12.1 Å². The predicted molar refractivity (Wildman–Crippen MR) is 110 cm³/mol. The van der Waals surface area contributed by atoms with Crippen molar-refractivity contribution in [1.29, 1.82) is 0 Å². The summed E-state index contributed by atoms with van der Waals surface area (Å²) in [4.78, 5) is 4.46. The van der Waals surface area contributed by atoms with E-state index in [0.29, 0.717) is 32.8 Å². The number of ether oxygens (including phenoxy) is 2. The molecule has 0 aliphatic carbocycles. The lowest BCUT2D eigenvalue weighted by molar-refractivity contribution is 0.00419. The van der Waals surface area contributed by atoms with E-state index in [1.54, 1.807) is 19.2 Å². The van der Waals surface area contributed by atoms with Gasteiger partial charge in [-0.05, 0) is 29.8 Å². The second-order valence-corrected chi connectivity index (χ2v) is 7.55. The van der Waals surface area contributed by atoms with E-state index in [2.05, 4.69) is 20.4 Å². The van der Waals surface area contributed by atoms with Crippen molar-refractivity contribution >= 4 is 0 Å². The Morgan fingerprint density at radius 3 is 2.83 bits per heavy atom. The Hall–Kier alpha value is -1.77. The molecule has 3 rings (SSSR count). The summed E-state index contributed by atoms with van der Waals surface area (Å²) in [7, 11) is 1.69. The number of aromatic nitrogens is 1. The van der Waals surface area contributed by atoms with Crippen molar-refractivity contribution in [2.75, 3.05) is 59.7 Å². The van der Waals surface area contributed by atoms with Gasteiger partial charge in [0, 0.05) is 64.8 Å². The molecule has 7 heteroatoms. The molecule has 0 saturated carbocycles. The van der Waals surface area contributed by atoms with Crippen LogP contribution in [-0.2, 0) is 22.6 Å². The van der Waals surface area contributed by atoms with Crippen molar-refractivity contribution in [3.63, 3.8) is 0 Å². The fourth-order valence-corrected chi connectivity index (χ4v) is 3.70. The molecular formula is C22H32FN3O3. The van der Waals surface area contributed by atoms with Crippen molar-refractivity contribution in [2.45, 2.75) is 19.2 Å². The van der Waals surface area contributed by atoms with Gasteiger partial charge >= 0.3 is 0 Å². The van der Waals surface area contributed by atoms with Crippen molar-refractivity contribution in [2.24, 2.45) is 0 Å². The number of hydrogen-bond acceptors (Lipinski definition) is 5. The van der Waals surface area contributed by atoms with Crippen LogP contribution in [0.4, 0.5) is 4.39 Å². The molecule has 1 aromatic carbocycles. The van der Waals surface area contributed by atoms with Crippen molar-refractivity contribution in [3.05, 3.63) is 59.7 Å². The van der Waals surface area contributed by atoms with Crippen LogP contribution < -0.4 is 0 Å². The van der Waals surface area contributed by atoms with E-state index in [1.807, 2.05) is 18.3 Å². The van der Waals surface area contributed by atoms with Crippen LogP contribution in [0, 0.1) is 5.82 Å². The summed E-state index contributed by atoms with van der Waals surface area (Å²) in [5.41, 5.74) is 2.06. The van der Waals surface area contributed by atoms with Gasteiger partial charge in [0.25, 0.3) is 0 Å². The Balaban J connectivity index is 1.60. The number of methoxy groups -OCH3 is 1. The summed E-state index contributed by atoms with van der Waals surface area (Å²) >= 11 is 0. The van der Waals surface area contributed by atoms with Gasteiger partial charge in [0.05, 0.1) is 25.9 Å². The maximum Gasteiger partial charge on any atom is 0.123 e. The average molecular weight is 406 g/mol. The van der Waals surface area contributed by atoms with E-state index in [-0.39, 0.29) is 5.82 Å². The molecule has 0 amide bonds. The number of hydrogen-bond donors (Lipinski definition) is 1. The molecule has 160 valence electrons. The van der Waals surface area contributed by atoms with Crippen molar-refractivity contribution in [3.8, 4) is 0 Å². The van der Waals surface area contributed by atoms with E-state index in [1.165, 1.54) is 6.07 Å². The minimum Gasteiger partial charge on any atom is -0.390 e. The zero-order valence-electron chi connectivity index (χ0n) is 17.2. The van der Waals surface area contributed by atoms with Gasteiger partial charge in [-0.2, -0.15) is 0 Å². The predicted octanol–water partition coefficient (Wildman–Crippen LogP) is 1.82. The van der Waals surface area contributed by atoms with Crippen LogP contribution in [-0.4, -0.2) is 85.2 Å². The molecule has 1 N–H and O–H groups in total. The van der Waals surface area contributed by atoms with Gasteiger partial charge in [-0.15, -0.1) is 0 Å². The third-order valence-electron chi connectivity index (χ3n) is 5.20. The summed E-state index contributed by atoms with van der Waals surface area (Å²) in [5, 5.41) is 10.6. The van der Waals surface area contributed by atoms with Crippen LogP contribution in [0.1, 0.15) is 11.3 Å². The zero-order valence-corrected chi connectivity index (χ0v) is 17.2. The number of halogens is 1. The molecule has 0 bridgehead atoms. The Bertz CT molecular complexity index is 734. The van der Waals surface area contributed by atoms with E-state index >= 15 is 0 Å². The summed E-state index contributed by atoms with van der Waals surface area (Å²) in [5.74, 6) is -0.218. The molecule has 1 unspecified atom stereocenters. The quantitative estimate of drug-likeness (QED) is 0.618. The fourth-order valence-electron chi connectivity index (χ4n) is 3.70. The number of benzene rings is 1. The summed E-state index contributed by atoms with van der Waals surface area (Å²) in [6, 6.07) is 10.8. The van der Waals surface area contributed by atoms with Crippen LogP contribution >= 0.6 is 0 Å². The van der Waals surface area contributed by atoms with Gasteiger partial charge in [-0.25, -0.2) is 4.39 Å². The lowest BCUT2D eigenvalue weighted by Crippen LogP contribution is -2.45. The minimum absolute atomic E-state index is 0.218. The van der Waals surface area contributed by atoms with Gasteiger partial charge in [-0.3, -0.25) is 9.80 Å². The molecule has 1 aromatic heterocycles. The Kier molecular flexibility index (Phi) is 8.64. The molecule has 29 heavy (non-hydrogen) atoms. The maximum absolute atomic E-state index is 13.5. The van der Waals surface area contributed by atoms with Crippen LogP contribution in [0.25, 0.3) is 0 Å². The minimum atomic E-state index is -0.434. The number of rotatable bonds is 11. The average Bonchev–Trinajstić information content (AvgIpc) is 3.13. The van der Waals surface area contributed by atoms with Crippen LogP contribution in [0.5, 0.6) is 0 Å². The molecule has 1 aliphatic heterocycles. The van der Waals surface area contributed by atoms with E-state index in [9.17, 15) is 9.50 Å². The highest BCUT2D eigenvalue weighted by Crippen LogP contribution is 2.12. The highest BCUT2D eigenvalue weighted by atomic mass is 19.1. The molecule has 1 aliphatic rings. The maximum atomic E-state index is 13.5. The summed E-state index contributed by atoms with van der Waals surface area (Å²) < 4.78 is 26.3. The standard InChI is InChI=1S/C22H32FN3O3/c1-28-11-8-25(18-22(27)17-24-9-12-29-13-10-24)16-21-6-3-7-26(21)15-19-4-2-5-20(23)14-19/h2-7,14,22,27H,8-13,15-18H2,1H3. The molecule has 1 saturated heterocycles. The topological polar surface area (TPSA) is 50.1 Å². The van der Waals surface area contributed by atoms with Gasteiger partial charge in [0.1, 0.15) is 5.82 Å². The monoisotopic (exact) mass is 405 g/mol. The van der Waals surface area contributed by atoms with Gasteiger partial charge in [0.2, 0.25) is 0 Å². The Labute approximate surface area is 172 Å². The van der Waals surface area contributed by atoms with Crippen LogP contribution in [0.3, 0.4) is 0 Å². The van der Waals surface area contributed by atoms with Crippen LogP contribution in [0.15, 0.2) is 42.6 Å². The smallest absolute Gasteiger partial charge is 0.123 e. The molecule has 2 heterocycles. The second kappa shape index (κ2) is 11.4. The molecule has 1 fully saturated rings. The number of morpholine rings is 1. The first-order chi connectivity index (χ1) is 14.1. The third-order valence-corrected chi connectivity index (χ3v) is 5.20. The first-order valence-electron chi connectivity index (χ1n) is 10.2.